The molecule has 0 fully saturated rings. The summed E-state index contributed by atoms with van der Waals surface area (Å²) in [5, 5.41) is 7.42. The molecular formula is C9H14ClN3O. The molecule has 0 aliphatic carbocycles. The van der Waals surface area contributed by atoms with Crippen LogP contribution >= 0.6 is 11.6 Å². The van der Waals surface area contributed by atoms with Crippen LogP contribution in [-0.2, 0) is 11.3 Å². The highest BCUT2D eigenvalue weighted by molar-refractivity contribution is 6.31. The van der Waals surface area contributed by atoms with Gasteiger partial charge in [0, 0.05) is 13.0 Å². The molecule has 4 nitrogen and oxygen atoms in total. The Morgan fingerprint density at radius 3 is 2.93 bits per heavy atom. The summed E-state index contributed by atoms with van der Waals surface area (Å²) in [6.07, 6.45) is 2.03. The second-order valence-electron chi connectivity index (χ2n) is 3.00. The van der Waals surface area contributed by atoms with Crippen molar-refractivity contribution in [1.82, 2.24) is 15.1 Å². The smallest absolute Gasteiger partial charge is 0.221 e. The Hall–Kier alpha value is -1.03. The number of aryl methyl sites for hydroxylation is 1. The standard InChI is InChI=1S/C9H14ClN3O/c1-3-11-9(14)4-5-13-7(2)8(10)6-12-13/h6H,3-5H2,1-2H3,(H,11,14). The first kappa shape index (κ1) is 11.0. The Labute approximate surface area is 88.2 Å². The third-order valence-electron chi connectivity index (χ3n) is 1.97. The van der Waals surface area contributed by atoms with Crippen molar-refractivity contribution in [1.29, 1.82) is 0 Å². The highest BCUT2D eigenvalue weighted by Gasteiger charge is 2.05. The fourth-order valence-electron chi connectivity index (χ4n) is 1.14. The maximum Gasteiger partial charge on any atom is 0.221 e. The first-order valence-electron chi connectivity index (χ1n) is 4.59. The molecule has 0 saturated heterocycles. The van der Waals surface area contributed by atoms with Crippen LogP contribution in [0.15, 0.2) is 6.20 Å². The topological polar surface area (TPSA) is 46.9 Å². The van der Waals surface area contributed by atoms with Crippen molar-refractivity contribution in [2.45, 2.75) is 26.8 Å². The molecule has 0 aliphatic heterocycles. The fourth-order valence-corrected chi connectivity index (χ4v) is 1.28. The molecule has 0 aromatic carbocycles. The van der Waals surface area contributed by atoms with Gasteiger partial charge in [-0.1, -0.05) is 11.6 Å². The van der Waals surface area contributed by atoms with Gasteiger partial charge in [-0.25, -0.2) is 0 Å². The van der Waals surface area contributed by atoms with Gasteiger partial charge in [0.15, 0.2) is 0 Å². The number of halogens is 1. The van der Waals surface area contributed by atoms with Crippen molar-refractivity contribution in [2.24, 2.45) is 0 Å². The molecule has 1 amide bonds. The lowest BCUT2D eigenvalue weighted by molar-refractivity contribution is -0.121. The molecule has 0 aliphatic rings. The first-order valence-corrected chi connectivity index (χ1v) is 4.97. The van der Waals surface area contributed by atoms with Gasteiger partial charge >= 0.3 is 0 Å². The van der Waals surface area contributed by atoms with Gasteiger partial charge in [-0.3, -0.25) is 9.48 Å². The van der Waals surface area contributed by atoms with Crippen LogP contribution in [0.1, 0.15) is 19.0 Å². The third-order valence-corrected chi connectivity index (χ3v) is 2.34. The Balaban J connectivity index is 2.46. The minimum Gasteiger partial charge on any atom is -0.356 e. The van der Waals surface area contributed by atoms with Crippen LogP contribution in [0.3, 0.4) is 0 Å². The number of carbonyl (C=O) groups is 1. The summed E-state index contributed by atoms with van der Waals surface area (Å²) >= 11 is 5.82. The first-order chi connectivity index (χ1) is 6.65. The Morgan fingerprint density at radius 1 is 1.71 bits per heavy atom. The Kier molecular flexibility index (Phi) is 3.95. The molecule has 5 heteroatoms. The van der Waals surface area contributed by atoms with Crippen molar-refractivity contribution in [2.75, 3.05) is 6.54 Å². The molecule has 1 heterocycles. The second kappa shape index (κ2) is 5.00. The molecule has 0 saturated carbocycles. The SMILES string of the molecule is CCNC(=O)CCn1ncc(Cl)c1C. The summed E-state index contributed by atoms with van der Waals surface area (Å²) in [6, 6.07) is 0. The van der Waals surface area contributed by atoms with E-state index in [1.54, 1.807) is 10.9 Å². The van der Waals surface area contributed by atoms with Crippen LogP contribution in [0.5, 0.6) is 0 Å². The van der Waals surface area contributed by atoms with E-state index in [0.29, 0.717) is 24.5 Å². The van der Waals surface area contributed by atoms with E-state index < -0.39 is 0 Å². The largest absolute Gasteiger partial charge is 0.356 e. The van der Waals surface area contributed by atoms with Gasteiger partial charge in [0.1, 0.15) is 0 Å². The zero-order valence-electron chi connectivity index (χ0n) is 8.38. The van der Waals surface area contributed by atoms with Crippen LogP contribution in [0.2, 0.25) is 5.02 Å². The number of rotatable bonds is 4. The summed E-state index contributed by atoms with van der Waals surface area (Å²) < 4.78 is 1.73. The number of nitrogens with one attached hydrogen (secondary N) is 1. The predicted octanol–water partition coefficient (Wildman–Crippen LogP) is 1.37. The summed E-state index contributed by atoms with van der Waals surface area (Å²) in [6.45, 7) is 5.02. The molecule has 78 valence electrons. The molecule has 0 spiro atoms. The van der Waals surface area contributed by atoms with Crippen LogP contribution in [0.25, 0.3) is 0 Å². The number of carbonyl (C=O) groups excluding carboxylic acids is 1. The van der Waals surface area contributed by atoms with Gasteiger partial charge in [0.2, 0.25) is 5.91 Å². The predicted molar refractivity (Wildman–Crippen MR) is 55.3 cm³/mol. The maximum atomic E-state index is 11.1. The van der Waals surface area contributed by atoms with Gasteiger partial charge in [-0.2, -0.15) is 5.10 Å². The van der Waals surface area contributed by atoms with Gasteiger partial charge in [0.25, 0.3) is 0 Å². The fraction of sp³-hybridized carbons (Fsp3) is 0.556. The minimum absolute atomic E-state index is 0.0403. The van der Waals surface area contributed by atoms with E-state index in [1.165, 1.54) is 0 Å². The number of nitrogens with zero attached hydrogens (tertiary/aromatic N) is 2. The van der Waals surface area contributed by atoms with Gasteiger partial charge in [-0.15, -0.1) is 0 Å². The zero-order chi connectivity index (χ0) is 10.6. The average molecular weight is 216 g/mol. The minimum atomic E-state index is 0.0403. The van der Waals surface area contributed by atoms with E-state index >= 15 is 0 Å². The van der Waals surface area contributed by atoms with Gasteiger partial charge < -0.3 is 5.32 Å². The molecule has 0 unspecified atom stereocenters. The van der Waals surface area contributed by atoms with Crippen LogP contribution < -0.4 is 5.32 Å². The molecule has 0 bridgehead atoms. The Bertz CT molecular complexity index is 322. The molecular weight excluding hydrogens is 202 g/mol. The van der Waals surface area contributed by atoms with E-state index in [0.717, 1.165) is 5.69 Å². The van der Waals surface area contributed by atoms with Gasteiger partial charge in [-0.05, 0) is 13.8 Å². The van der Waals surface area contributed by atoms with Gasteiger partial charge in [0.05, 0.1) is 23.5 Å². The second-order valence-corrected chi connectivity index (χ2v) is 3.41. The van der Waals surface area contributed by atoms with Crippen molar-refractivity contribution in [3.63, 3.8) is 0 Å². The zero-order valence-corrected chi connectivity index (χ0v) is 9.14. The lowest BCUT2D eigenvalue weighted by atomic mass is 10.4. The average Bonchev–Trinajstić information content (AvgIpc) is 2.46. The Morgan fingerprint density at radius 2 is 2.43 bits per heavy atom. The molecule has 0 atom stereocenters. The number of amides is 1. The number of aromatic nitrogens is 2. The number of hydrogen-bond acceptors (Lipinski definition) is 2. The molecule has 1 rings (SSSR count). The van der Waals surface area contributed by atoms with Crippen molar-refractivity contribution in [3.05, 3.63) is 16.9 Å². The number of hydrogen-bond donors (Lipinski definition) is 1. The third kappa shape index (κ3) is 2.73. The van der Waals surface area contributed by atoms with Crippen LogP contribution in [0, 0.1) is 6.92 Å². The van der Waals surface area contributed by atoms with Crippen molar-refractivity contribution < 1.29 is 4.79 Å². The molecule has 1 N–H and O–H groups in total. The lowest BCUT2D eigenvalue weighted by Gasteiger charge is -2.04. The van der Waals surface area contributed by atoms with Crippen molar-refractivity contribution in [3.8, 4) is 0 Å². The highest BCUT2D eigenvalue weighted by atomic mass is 35.5. The van der Waals surface area contributed by atoms with Crippen LogP contribution in [-0.4, -0.2) is 22.2 Å². The van der Waals surface area contributed by atoms with E-state index in [-0.39, 0.29) is 5.91 Å². The summed E-state index contributed by atoms with van der Waals surface area (Å²) in [7, 11) is 0. The molecule has 1 aromatic rings. The van der Waals surface area contributed by atoms with E-state index in [4.69, 9.17) is 11.6 Å². The summed E-state index contributed by atoms with van der Waals surface area (Å²) in [5.41, 5.74) is 0.899. The summed E-state index contributed by atoms with van der Waals surface area (Å²) in [4.78, 5) is 11.1. The van der Waals surface area contributed by atoms with E-state index in [2.05, 4.69) is 10.4 Å². The molecule has 14 heavy (non-hydrogen) atoms. The quantitative estimate of drug-likeness (QED) is 0.825. The molecule has 0 radical (unpaired) electrons. The maximum absolute atomic E-state index is 11.1. The summed E-state index contributed by atoms with van der Waals surface area (Å²) in [5.74, 6) is 0.0403. The monoisotopic (exact) mass is 215 g/mol. The van der Waals surface area contributed by atoms with E-state index in [1.807, 2.05) is 13.8 Å². The van der Waals surface area contributed by atoms with Crippen LogP contribution in [0.4, 0.5) is 0 Å². The van der Waals surface area contributed by atoms with Crippen molar-refractivity contribution >= 4 is 17.5 Å². The lowest BCUT2D eigenvalue weighted by Crippen LogP contribution is -2.24. The highest BCUT2D eigenvalue weighted by Crippen LogP contribution is 2.13. The van der Waals surface area contributed by atoms with E-state index in [9.17, 15) is 4.79 Å². The molecule has 1 aromatic heterocycles. The normalized spacial score (nSPS) is 10.2.